The van der Waals surface area contributed by atoms with E-state index in [0.29, 0.717) is 0 Å². The molecule has 0 aliphatic rings. The Kier molecular flexibility index (Phi) is 3.16. The van der Waals surface area contributed by atoms with Gasteiger partial charge in [0.2, 0.25) is 0 Å². The van der Waals surface area contributed by atoms with Gasteiger partial charge in [0, 0.05) is 22.8 Å². The number of nitrogens with two attached hydrogens (primary N) is 1. The summed E-state index contributed by atoms with van der Waals surface area (Å²) in [6.07, 6.45) is 2.06. The number of hydrogen-bond acceptors (Lipinski definition) is 4. The summed E-state index contributed by atoms with van der Waals surface area (Å²) >= 11 is 1.62. The average molecular weight is 320 g/mol. The Hall–Kier alpha value is -2.66. The molecule has 0 spiro atoms. The summed E-state index contributed by atoms with van der Waals surface area (Å²) in [5.41, 5.74) is 12.8. The molecule has 0 amide bonds. The highest BCUT2D eigenvalue weighted by Crippen LogP contribution is 2.31. The van der Waals surface area contributed by atoms with Gasteiger partial charge in [-0.1, -0.05) is 12.1 Å². The molecule has 0 saturated carbocycles. The van der Waals surface area contributed by atoms with Crippen molar-refractivity contribution in [3.8, 4) is 22.0 Å². The molecule has 5 heteroatoms. The van der Waals surface area contributed by atoms with Crippen LogP contribution in [0.1, 0.15) is 11.3 Å². The van der Waals surface area contributed by atoms with Crippen molar-refractivity contribution < 1.29 is 0 Å². The van der Waals surface area contributed by atoms with Crippen molar-refractivity contribution in [3.63, 3.8) is 0 Å². The van der Waals surface area contributed by atoms with Gasteiger partial charge in [-0.05, 0) is 43.7 Å². The molecule has 0 radical (unpaired) electrons. The maximum absolute atomic E-state index is 5.87. The summed E-state index contributed by atoms with van der Waals surface area (Å²) in [7, 11) is 0. The molecular weight excluding hydrogens is 304 g/mol. The summed E-state index contributed by atoms with van der Waals surface area (Å²) in [5, 5.41) is 3.04. The summed E-state index contributed by atoms with van der Waals surface area (Å²) in [6.45, 7) is 4.10. The number of aromatic nitrogens is 3. The van der Waals surface area contributed by atoms with E-state index in [1.807, 2.05) is 31.2 Å². The van der Waals surface area contributed by atoms with Crippen molar-refractivity contribution in [1.82, 2.24) is 14.4 Å². The van der Waals surface area contributed by atoms with Crippen molar-refractivity contribution in [2.45, 2.75) is 13.8 Å². The van der Waals surface area contributed by atoms with E-state index in [1.54, 1.807) is 11.3 Å². The van der Waals surface area contributed by atoms with Crippen molar-refractivity contribution in [2.75, 3.05) is 5.73 Å². The standard InChI is InChI=1S/C18H16N4S/c1-11-6-7-22-16(8-11)20-12(2)17(22)15-10-23-18(21-15)13-4-3-5-14(19)9-13/h3-10H,19H2,1-2H3. The maximum atomic E-state index is 5.87. The van der Waals surface area contributed by atoms with Crippen LogP contribution in [0.25, 0.3) is 27.6 Å². The van der Waals surface area contributed by atoms with E-state index < -0.39 is 0 Å². The van der Waals surface area contributed by atoms with Crippen LogP contribution in [0, 0.1) is 13.8 Å². The first kappa shape index (κ1) is 14.0. The largest absolute Gasteiger partial charge is 0.399 e. The van der Waals surface area contributed by atoms with Crippen LogP contribution in [0.5, 0.6) is 0 Å². The number of anilines is 1. The van der Waals surface area contributed by atoms with Crippen LogP contribution in [0.3, 0.4) is 0 Å². The molecule has 4 aromatic rings. The van der Waals surface area contributed by atoms with E-state index in [0.717, 1.165) is 39.0 Å². The molecule has 23 heavy (non-hydrogen) atoms. The third kappa shape index (κ3) is 2.39. The Morgan fingerprint density at radius 3 is 2.78 bits per heavy atom. The maximum Gasteiger partial charge on any atom is 0.137 e. The molecule has 0 saturated heterocycles. The SMILES string of the molecule is Cc1ccn2c(-c3csc(-c4cccc(N)c4)n3)c(C)nc2c1. The molecule has 0 aliphatic heterocycles. The number of pyridine rings is 1. The fourth-order valence-electron chi connectivity index (χ4n) is 2.76. The van der Waals surface area contributed by atoms with Gasteiger partial charge in [0.05, 0.1) is 11.4 Å². The minimum absolute atomic E-state index is 0.751. The van der Waals surface area contributed by atoms with E-state index in [2.05, 4.69) is 40.0 Å². The zero-order valence-corrected chi connectivity index (χ0v) is 13.8. The van der Waals surface area contributed by atoms with Gasteiger partial charge >= 0.3 is 0 Å². The van der Waals surface area contributed by atoms with Crippen LogP contribution < -0.4 is 5.73 Å². The second-order valence-corrected chi connectivity index (χ2v) is 6.50. The first-order valence-corrected chi connectivity index (χ1v) is 8.27. The number of hydrogen-bond donors (Lipinski definition) is 1. The number of rotatable bonds is 2. The van der Waals surface area contributed by atoms with Crippen molar-refractivity contribution in [1.29, 1.82) is 0 Å². The number of imidazole rings is 1. The lowest BCUT2D eigenvalue weighted by molar-refractivity contribution is 1.16. The van der Waals surface area contributed by atoms with Gasteiger partial charge in [0.15, 0.2) is 0 Å². The Morgan fingerprint density at radius 1 is 1.09 bits per heavy atom. The summed E-state index contributed by atoms with van der Waals surface area (Å²) in [4.78, 5) is 9.45. The quantitative estimate of drug-likeness (QED) is 0.559. The molecule has 0 fully saturated rings. The van der Waals surface area contributed by atoms with E-state index >= 15 is 0 Å². The third-order valence-corrected chi connectivity index (χ3v) is 4.73. The number of thiazole rings is 1. The number of aryl methyl sites for hydroxylation is 2. The fourth-order valence-corrected chi connectivity index (χ4v) is 3.56. The van der Waals surface area contributed by atoms with Gasteiger partial charge in [0.25, 0.3) is 0 Å². The number of nitrogens with zero attached hydrogens (tertiary/aromatic N) is 3. The molecule has 4 nitrogen and oxygen atoms in total. The molecule has 3 heterocycles. The third-order valence-electron chi connectivity index (χ3n) is 3.84. The Balaban J connectivity index is 1.85. The topological polar surface area (TPSA) is 56.2 Å². The molecule has 0 aliphatic carbocycles. The molecule has 1 aromatic carbocycles. The fraction of sp³-hybridized carbons (Fsp3) is 0.111. The Morgan fingerprint density at radius 2 is 1.96 bits per heavy atom. The van der Waals surface area contributed by atoms with Crippen molar-refractivity contribution in [2.24, 2.45) is 0 Å². The van der Waals surface area contributed by atoms with Gasteiger partial charge in [0.1, 0.15) is 16.3 Å². The van der Waals surface area contributed by atoms with Gasteiger partial charge in [-0.15, -0.1) is 11.3 Å². The van der Waals surface area contributed by atoms with Gasteiger partial charge in [-0.25, -0.2) is 9.97 Å². The zero-order valence-electron chi connectivity index (χ0n) is 12.9. The summed E-state index contributed by atoms with van der Waals surface area (Å²) in [6, 6.07) is 12.0. The highest BCUT2D eigenvalue weighted by Gasteiger charge is 2.15. The molecule has 0 unspecified atom stereocenters. The number of fused-ring (bicyclic) bond motifs is 1. The lowest BCUT2D eigenvalue weighted by atomic mass is 10.2. The van der Waals surface area contributed by atoms with Crippen LogP contribution in [0.4, 0.5) is 5.69 Å². The molecular formula is C18H16N4S. The molecule has 4 rings (SSSR count). The zero-order chi connectivity index (χ0) is 16.0. The van der Waals surface area contributed by atoms with Crippen LogP contribution in [0.15, 0.2) is 48.0 Å². The Labute approximate surface area is 138 Å². The minimum Gasteiger partial charge on any atom is -0.399 e. The van der Waals surface area contributed by atoms with E-state index in [1.165, 1.54) is 5.56 Å². The van der Waals surface area contributed by atoms with Gasteiger partial charge in [-0.3, -0.25) is 4.40 Å². The smallest absolute Gasteiger partial charge is 0.137 e. The van der Waals surface area contributed by atoms with E-state index in [9.17, 15) is 0 Å². The van der Waals surface area contributed by atoms with Gasteiger partial charge < -0.3 is 5.73 Å². The van der Waals surface area contributed by atoms with Crippen LogP contribution in [-0.2, 0) is 0 Å². The van der Waals surface area contributed by atoms with Crippen molar-refractivity contribution in [3.05, 3.63) is 59.2 Å². The minimum atomic E-state index is 0.751. The van der Waals surface area contributed by atoms with E-state index in [4.69, 9.17) is 10.7 Å². The highest BCUT2D eigenvalue weighted by atomic mass is 32.1. The second kappa shape index (κ2) is 5.21. The lowest BCUT2D eigenvalue weighted by Crippen LogP contribution is -1.90. The molecule has 0 bridgehead atoms. The van der Waals surface area contributed by atoms with Gasteiger partial charge in [-0.2, -0.15) is 0 Å². The molecule has 3 aromatic heterocycles. The normalized spacial score (nSPS) is 11.2. The summed E-state index contributed by atoms with van der Waals surface area (Å²) in [5.74, 6) is 0. The van der Waals surface area contributed by atoms with Crippen molar-refractivity contribution >= 4 is 22.7 Å². The monoisotopic (exact) mass is 320 g/mol. The average Bonchev–Trinajstić information content (AvgIpc) is 3.10. The molecule has 0 atom stereocenters. The Bertz CT molecular complexity index is 1010. The number of benzene rings is 1. The first-order chi connectivity index (χ1) is 11.1. The van der Waals surface area contributed by atoms with Crippen LogP contribution in [0.2, 0.25) is 0 Å². The number of nitrogen functional groups attached to an aromatic ring is 1. The predicted octanol–water partition coefficient (Wildman–Crippen LogP) is 4.32. The lowest BCUT2D eigenvalue weighted by Gasteiger charge is -2.01. The predicted molar refractivity (Wildman–Crippen MR) is 95.6 cm³/mol. The second-order valence-electron chi connectivity index (χ2n) is 5.64. The molecule has 114 valence electrons. The first-order valence-electron chi connectivity index (χ1n) is 7.39. The van der Waals surface area contributed by atoms with Crippen LogP contribution >= 0.6 is 11.3 Å². The summed E-state index contributed by atoms with van der Waals surface area (Å²) < 4.78 is 2.10. The van der Waals surface area contributed by atoms with E-state index in [-0.39, 0.29) is 0 Å². The molecule has 2 N–H and O–H groups in total. The highest BCUT2D eigenvalue weighted by molar-refractivity contribution is 7.13. The van der Waals surface area contributed by atoms with Crippen LogP contribution in [-0.4, -0.2) is 14.4 Å².